The third-order valence-corrected chi connectivity index (χ3v) is 3.52. The van der Waals surface area contributed by atoms with Crippen LogP contribution in [-0.2, 0) is 0 Å². The molecule has 0 fully saturated rings. The minimum Gasteiger partial charge on any atom is -0.324 e. The van der Waals surface area contributed by atoms with Crippen molar-refractivity contribution >= 4 is 39.2 Å². The summed E-state index contributed by atoms with van der Waals surface area (Å²) in [5, 5.41) is 5.87. The smallest absolute Gasteiger partial charge is 0.258 e. The lowest BCUT2D eigenvalue weighted by molar-refractivity contribution is 0.102. The first-order chi connectivity index (χ1) is 11.2. The van der Waals surface area contributed by atoms with Crippen molar-refractivity contribution in [1.29, 1.82) is 0 Å². The molecule has 5 nitrogen and oxygen atoms in total. The average Bonchev–Trinajstić information content (AvgIpc) is 2.56. The van der Waals surface area contributed by atoms with Gasteiger partial charge in [0.2, 0.25) is 5.95 Å². The van der Waals surface area contributed by atoms with E-state index in [1.807, 2.05) is 54.6 Å². The van der Waals surface area contributed by atoms with Gasteiger partial charge in [0.05, 0.1) is 5.56 Å². The highest BCUT2D eigenvalue weighted by Gasteiger charge is 2.07. The highest BCUT2D eigenvalue weighted by atomic mass is 79.9. The van der Waals surface area contributed by atoms with Crippen molar-refractivity contribution in [3.8, 4) is 0 Å². The lowest BCUT2D eigenvalue weighted by atomic mass is 10.3. The van der Waals surface area contributed by atoms with Crippen molar-refractivity contribution in [2.24, 2.45) is 0 Å². The van der Waals surface area contributed by atoms with Gasteiger partial charge >= 0.3 is 0 Å². The molecule has 0 spiro atoms. The van der Waals surface area contributed by atoms with Crippen LogP contribution in [0.2, 0.25) is 0 Å². The SMILES string of the molecule is O=C(Nc1ccccc1)c1cnc(Nc2cccc(Br)c2)nc1. The summed E-state index contributed by atoms with van der Waals surface area (Å²) in [6.07, 6.45) is 2.98. The molecule has 0 saturated heterocycles. The van der Waals surface area contributed by atoms with E-state index in [0.717, 1.165) is 15.8 Å². The molecular weight excluding hydrogens is 356 g/mol. The van der Waals surface area contributed by atoms with Crippen molar-refractivity contribution in [1.82, 2.24) is 9.97 Å². The molecule has 0 radical (unpaired) electrons. The van der Waals surface area contributed by atoms with Crippen molar-refractivity contribution in [3.05, 3.63) is 77.0 Å². The Kier molecular flexibility index (Phi) is 4.63. The van der Waals surface area contributed by atoms with Crippen molar-refractivity contribution in [2.75, 3.05) is 10.6 Å². The Morgan fingerprint density at radius 1 is 0.913 bits per heavy atom. The summed E-state index contributed by atoms with van der Waals surface area (Å²) < 4.78 is 0.960. The normalized spacial score (nSPS) is 10.1. The molecule has 3 aromatic rings. The number of carbonyl (C=O) groups is 1. The Morgan fingerprint density at radius 2 is 1.61 bits per heavy atom. The molecule has 0 saturated carbocycles. The van der Waals surface area contributed by atoms with Gasteiger partial charge in [-0.3, -0.25) is 4.79 Å². The summed E-state index contributed by atoms with van der Waals surface area (Å²) in [7, 11) is 0. The van der Waals surface area contributed by atoms with Gasteiger partial charge in [0, 0.05) is 28.2 Å². The zero-order valence-electron chi connectivity index (χ0n) is 12.0. The molecule has 3 rings (SSSR count). The third kappa shape index (κ3) is 4.14. The minimum absolute atomic E-state index is 0.245. The van der Waals surface area contributed by atoms with E-state index < -0.39 is 0 Å². The summed E-state index contributed by atoms with van der Waals surface area (Å²) in [5.41, 5.74) is 1.99. The zero-order chi connectivity index (χ0) is 16.1. The van der Waals surface area contributed by atoms with Gasteiger partial charge in [-0.25, -0.2) is 9.97 Å². The largest absolute Gasteiger partial charge is 0.324 e. The van der Waals surface area contributed by atoms with Crippen LogP contribution in [-0.4, -0.2) is 15.9 Å². The summed E-state index contributed by atoms with van der Waals surface area (Å²) in [6.45, 7) is 0. The van der Waals surface area contributed by atoms with Gasteiger partial charge in [0.1, 0.15) is 0 Å². The Balaban J connectivity index is 1.68. The molecule has 1 amide bonds. The molecule has 1 aromatic heterocycles. The van der Waals surface area contributed by atoms with Gasteiger partial charge in [0.15, 0.2) is 0 Å². The van der Waals surface area contributed by atoms with Crippen molar-refractivity contribution < 1.29 is 4.79 Å². The average molecular weight is 369 g/mol. The first-order valence-corrected chi connectivity index (χ1v) is 7.71. The van der Waals surface area contributed by atoms with E-state index in [1.165, 1.54) is 12.4 Å². The predicted molar refractivity (Wildman–Crippen MR) is 93.9 cm³/mol. The number of nitrogens with one attached hydrogen (secondary N) is 2. The van der Waals surface area contributed by atoms with Gasteiger partial charge in [-0.2, -0.15) is 0 Å². The number of amides is 1. The first kappa shape index (κ1) is 15.2. The van der Waals surface area contributed by atoms with Crippen LogP contribution in [0.4, 0.5) is 17.3 Å². The van der Waals surface area contributed by atoms with Crippen LogP contribution in [0, 0.1) is 0 Å². The van der Waals surface area contributed by atoms with Crippen molar-refractivity contribution in [3.63, 3.8) is 0 Å². The maximum absolute atomic E-state index is 12.1. The Bertz CT molecular complexity index is 806. The second-order valence-electron chi connectivity index (χ2n) is 4.75. The summed E-state index contributed by atoms with van der Waals surface area (Å²) in [5.74, 6) is 0.185. The molecule has 0 bridgehead atoms. The Labute approximate surface area is 141 Å². The molecule has 23 heavy (non-hydrogen) atoms. The number of rotatable bonds is 4. The van der Waals surface area contributed by atoms with E-state index in [0.29, 0.717) is 11.5 Å². The fraction of sp³-hybridized carbons (Fsp3) is 0. The number of benzene rings is 2. The van der Waals surface area contributed by atoms with Crippen LogP contribution in [0.3, 0.4) is 0 Å². The first-order valence-electron chi connectivity index (χ1n) is 6.92. The van der Waals surface area contributed by atoms with Crippen molar-refractivity contribution in [2.45, 2.75) is 0 Å². The number of nitrogens with zero attached hydrogens (tertiary/aromatic N) is 2. The van der Waals surface area contributed by atoms with Crippen LogP contribution in [0.1, 0.15) is 10.4 Å². The van der Waals surface area contributed by atoms with Gasteiger partial charge < -0.3 is 10.6 Å². The van der Waals surface area contributed by atoms with Gasteiger partial charge in [-0.1, -0.05) is 40.2 Å². The molecule has 0 atom stereocenters. The summed E-state index contributed by atoms with van der Waals surface area (Å²) >= 11 is 3.40. The summed E-state index contributed by atoms with van der Waals surface area (Å²) in [6, 6.07) is 16.9. The molecular formula is C17H13BrN4O. The van der Waals surface area contributed by atoms with Crippen LogP contribution in [0.25, 0.3) is 0 Å². The standard InChI is InChI=1S/C17H13BrN4O/c18-13-5-4-8-15(9-13)22-17-19-10-12(11-20-17)16(23)21-14-6-2-1-3-7-14/h1-11H,(H,21,23)(H,19,20,22). The number of anilines is 3. The number of aromatic nitrogens is 2. The van der Waals surface area contributed by atoms with E-state index in [1.54, 1.807) is 0 Å². The fourth-order valence-corrected chi connectivity index (χ4v) is 2.33. The lowest BCUT2D eigenvalue weighted by Crippen LogP contribution is -2.13. The number of hydrogen-bond donors (Lipinski definition) is 2. The molecule has 6 heteroatoms. The molecule has 114 valence electrons. The maximum Gasteiger partial charge on any atom is 0.258 e. The van der Waals surface area contributed by atoms with E-state index in [2.05, 4.69) is 36.5 Å². The van der Waals surface area contributed by atoms with Crippen LogP contribution in [0.15, 0.2) is 71.5 Å². The number of hydrogen-bond acceptors (Lipinski definition) is 4. The number of para-hydroxylation sites is 1. The molecule has 0 aliphatic rings. The Morgan fingerprint density at radius 3 is 2.30 bits per heavy atom. The lowest BCUT2D eigenvalue weighted by Gasteiger charge is -2.07. The number of halogens is 1. The number of carbonyl (C=O) groups excluding carboxylic acids is 1. The maximum atomic E-state index is 12.1. The fourth-order valence-electron chi connectivity index (χ4n) is 1.93. The molecule has 0 aliphatic carbocycles. The second-order valence-corrected chi connectivity index (χ2v) is 5.67. The summed E-state index contributed by atoms with van der Waals surface area (Å²) in [4.78, 5) is 20.4. The third-order valence-electron chi connectivity index (χ3n) is 3.03. The molecule has 2 aromatic carbocycles. The second kappa shape index (κ2) is 7.02. The quantitative estimate of drug-likeness (QED) is 0.722. The predicted octanol–water partition coefficient (Wildman–Crippen LogP) is 4.24. The molecule has 2 N–H and O–H groups in total. The highest BCUT2D eigenvalue weighted by Crippen LogP contribution is 2.18. The van der Waals surface area contributed by atoms with E-state index in [4.69, 9.17) is 0 Å². The molecule has 1 heterocycles. The van der Waals surface area contributed by atoms with Gasteiger partial charge in [0.25, 0.3) is 5.91 Å². The highest BCUT2D eigenvalue weighted by molar-refractivity contribution is 9.10. The van der Waals surface area contributed by atoms with Crippen LogP contribution < -0.4 is 10.6 Å². The topological polar surface area (TPSA) is 66.9 Å². The van der Waals surface area contributed by atoms with Gasteiger partial charge in [-0.05, 0) is 30.3 Å². The van der Waals surface area contributed by atoms with Gasteiger partial charge in [-0.15, -0.1) is 0 Å². The molecule has 0 aliphatic heterocycles. The van der Waals surface area contributed by atoms with E-state index in [9.17, 15) is 4.79 Å². The molecule has 0 unspecified atom stereocenters. The zero-order valence-corrected chi connectivity index (χ0v) is 13.6. The Hall–Kier alpha value is -2.73. The van der Waals surface area contributed by atoms with Crippen LogP contribution >= 0.6 is 15.9 Å². The van der Waals surface area contributed by atoms with Crippen LogP contribution in [0.5, 0.6) is 0 Å². The monoisotopic (exact) mass is 368 g/mol. The van der Waals surface area contributed by atoms with E-state index >= 15 is 0 Å². The minimum atomic E-state index is -0.245. The van der Waals surface area contributed by atoms with E-state index in [-0.39, 0.29) is 5.91 Å².